The van der Waals surface area contributed by atoms with Crippen molar-refractivity contribution in [1.82, 2.24) is 0 Å². The van der Waals surface area contributed by atoms with Crippen LogP contribution in [0.4, 0.5) is 0 Å². The van der Waals surface area contributed by atoms with Crippen LogP contribution in [0.3, 0.4) is 0 Å². The number of aryl methyl sites for hydroxylation is 1. The maximum atomic E-state index is 5.71. The van der Waals surface area contributed by atoms with Crippen LogP contribution in [0.25, 0.3) is 0 Å². The molecule has 0 atom stereocenters. The van der Waals surface area contributed by atoms with Gasteiger partial charge in [-0.15, -0.1) is 0 Å². The Labute approximate surface area is 93.6 Å². The first kappa shape index (κ1) is 10.0. The first-order valence-corrected chi connectivity index (χ1v) is 5.66. The van der Waals surface area contributed by atoms with Gasteiger partial charge in [-0.05, 0) is 31.0 Å². The van der Waals surface area contributed by atoms with Crippen LogP contribution in [0.5, 0.6) is 5.75 Å². The van der Waals surface area contributed by atoms with Crippen molar-refractivity contribution in [3.63, 3.8) is 0 Å². The fourth-order valence-corrected chi connectivity index (χ4v) is 2.52. The Kier molecular flexibility index (Phi) is 2.15. The van der Waals surface area contributed by atoms with Gasteiger partial charge >= 0.3 is 0 Å². The van der Waals surface area contributed by atoms with Gasteiger partial charge in [0.05, 0.1) is 6.61 Å². The summed E-state index contributed by atoms with van der Waals surface area (Å²) in [5.74, 6) is 1.06. The van der Waals surface area contributed by atoms with E-state index in [-0.39, 0.29) is 5.41 Å². The van der Waals surface area contributed by atoms with Crippen molar-refractivity contribution in [3.05, 3.63) is 27.2 Å². The lowest BCUT2D eigenvalue weighted by molar-refractivity contribution is 0.291. The molecule has 1 aliphatic heterocycles. The van der Waals surface area contributed by atoms with E-state index in [1.54, 1.807) is 0 Å². The maximum Gasteiger partial charge on any atom is 0.123 e. The molecule has 2 rings (SSSR count). The van der Waals surface area contributed by atoms with Crippen LogP contribution < -0.4 is 4.74 Å². The standard InChI is InChI=1S/C12H15BrO/c1-7-5-9-10(8(2)11(7)13)12(3,4)6-14-9/h5H,6H2,1-4H3. The van der Waals surface area contributed by atoms with Crippen molar-refractivity contribution < 1.29 is 4.74 Å². The van der Waals surface area contributed by atoms with Gasteiger partial charge in [0.2, 0.25) is 0 Å². The van der Waals surface area contributed by atoms with Crippen molar-refractivity contribution in [2.24, 2.45) is 0 Å². The number of rotatable bonds is 0. The number of benzene rings is 1. The van der Waals surface area contributed by atoms with Crippen molar-refractivity contribution in [2.75, 3.05) is 6.61 Å². The minimum Gasteiger partial charge on any atom is -0.492 e. The number of halogens is 1. The molecule has 0 radical (unpaired) electrons. The Balaban J connectivity index is 2.73. The normalized spacial score (nSPS) is 17.8. The van der Waals surface area contributed by atoms with Crippen LogP contribution in [0.1, 0.15) is 30.5 Å². The zero-order valence-electron chi connectivity index (χ0n) is 9.07. The second-order valence-electron chi connectivity index (χ2n) is 4.68. The molecule has 1 aliphatic rings. The zero-order valence-corrected chi connectivity index (χ0v) is 10.7. The third-order valence-electron chi connectivity index (χ3n) is 2.91. The van der Waals surface area contributed by atoms with Gasteiger partial charge in [-0.3, -0.25) is 0 Å². The van der Waals surface area contributed by atoms with E-state index in [2.05, 4.69) is 49.7 Å². The molecule has 0 fully saturated rings. The van der Waals surface area contributed by atoms with Crippen LogP contribution >= 0.6 is 15.9 Å². The largest absolute Gasteiger partial charge is 0.492 e. The predicted octanol–water partition coefficient (Wildman–Crippen LogP) is 3.74. The van der Waals surface area contributed by atoms with E-state index in [1.165, 1.54) is 21.2 Å². The van der Waals surface area contributed by atoms with Gasteiger partial charge in [0.25, 0.3) is 0 Å². The predicted molar refractivity (Wildman–Crippen MR) is 62.1 cm³/mol. The van der Waals surface area contributed by atoms with E-state index >= 15 is 0 Å². The second kappa shape index (κ2) is 2.99. The summed E-state index contributed by atoms with van der Waals surface area (Å²) in [6.07, 6.45) is 0. The van der Waals surface area contributed by atoms with Gasteiger partial charge < -0.3 is 4.74 Å². The average Bonchev–Trinajstić information content (AvgIpc) is 2.38. The maximum absolute atomic E-state index is 5.71. The molecule has 1 aromatic rings. The first-order chi connectivity index (χ1) is 6.43. The van der Waals surface area contributed by atoms with Crippen LogP contribution in [0.15, 0.2) is 10.5 Å². The van der Waals surface area contributed by atoms with Gasteiger partial charge in [0.15, 0.2) is 0 Å². The number of hydrogen-bond donors (Lipinski definition) is 0. The van der Waals surface area contributed by atoms with Gasteiger partial charge in [-0.1, -0.05) is 29.8 Å². The number of hydrogen-bond acceptors (Lipinski definition) is 1. The van der Waals surface area contributed by atoms with Gasteiger partial charge in [0, 0.05) is 15.5 Å². The highest BCUT2D eigenvalue weighted by Gasteiger charge is 2.34. The Morgan fingerprint density at radius 3 is 2.64 bits per heavy atom. The van der Waals surface area contributed by atoms with Crippen LogP contribution in [-0.2, 0) is 5.41 Å². The molecule has 1 heterocycles. The summed E-state index contributed by atoms with van der Waals surface area (Å²) in [6.45, 7) is 9.51. The summed E-state index contributed by atoms with van der Waals surface area (Å²) in [4.78, 5) is 0. The van der Waals surface area contributed by atoms with Gasteiger partial charge in [-0.2, -0.15) is 0 Å². The lowest BCUT2D eigenvalue weighted by Crippen LogP contribution is -2.19. The fraction of sp³-hybridized carbons (Fsp3) is 0.500. The molecule has 0 bridgehead atoms. The summed E-state index contributed by atoms with van der Waals surface area (Å²) in [6, 6.07) is 2.13. The Morgan fingerprint density at radius 2 is 2.00 bits per heavy atom. The smallest absolute Gasteiger partial charge is 0.123 e. The lowest BCUT2D eigenvalue weighted by atomic mass is 9.83. The van der Waals surface area contributed by atoms with E-state index in [4.69, 9.17) is 4.74 Å². The summed E-state index contributed by atoms with van der Waals surface area (Å²) in [5.41, 5.74) is 4.08. The van der Waals surface area contributed by atoms with E-state index in [1.807, 2.05) is 0 Å². The highest BCUT2D eigenvalue weighted by Crippen LogP contribution is 2.43. The van der Waals surface area contributed by atoms with E-state index in [0.29, 0.717) is 0 Å². The molecule has 1 aromatic carbocycles. The van der Waals surface area contributed by atoms with Crippen LogP contribution in [-0.4, -0.2) is 6.61 Å². The van der Waals surface area contributed by atoms with Crippen molar-refractivity contribution in [1.29, 1.82) is 0 Å². The molecule has 14 heavy (non-hydrogen) atoms. The first-order valence-electron chi connectivity index (χ1n) is 4.86. The molecule has 0 spiro atoms. The van der Waals surface area contributed by atoms with Gasteiger partial charge in [-0.25, -0.2) is 0 Å². The van der Waals surface area contributed by atoms with Crippen molar-refractivity contribution in [3.8, 4) is 5.75 Å². The monoisotopic (exact) mass is 254 g/mol. The third-order valence-corrected chi connectivity index (χ3v) is 4.13. The molecular formula is C12H15BrO. The quantitative estimate of drug-likeness (QED) is 0.686. The highest BCUT2D eigenvalue weighted by atomic mass is 79.9. The van der Waals surface area contributed by atoms with Crippen molar-refractivity contribution in [2.45, 2.75) is 33.1 Å². The molecule has 0 unspecified atom stereocenters. The molecule has 0 aromatic heterocycles. The van der Waals surface area contributed by atoms with Gasteiger partial charge in [0.1, 0.15) is 5.75 Å². The third kappa shape index (κ3) is 1.28. The van der Waals surface area contributed by atoms with E-state index in [0.717, 1.165) is 12.4 Å². The van der Waals surface area contributed by atoms with E-state index < -0.39 is 0 Å². The van der Waals surface area contributed by atoms with Crippen LogP contribution in [0, 0.1) is 13.8 Å². The van der Waals surface area contributed by atoms with Crippen molar-refractivity contribution >= 4 is 15.9 Å². The number of fused-ring (bicyclic) bond motifs is 1. The molecule has 0 N–H and O–H groups in total. The molecule has 0 saturated carbocycles. The van der Waals surface area contributed by atoms with E-state index in [9.17, 15) is 0 Å². The topological polar surface area (TPSA) is 9.23 Å². The SMILES string of the molecule is Cc1cc2c(c(C)c1Br)C(C)(C)CO2. The summed E-state index contributed by atoms with van der Waals surface area (Å²) >= 11 is 3.63. The minimum atomic E-state index is 0.148. The molecule has 0 amide bonds. The molecule has 0 saturated heterocycles. The molecule has 1 nitrogen and oxygen atoms in total. The Hall–Kier alpha value is -0.500. The zero-order chi connectivity index (χ0) is 10.5. The Bertz CT molecular complexity index is 394. The Morgan fingerprint density at radius 1 is 1.36 bits per heavy atom. The molecule has 76 valence electrons. The minimum absolute atomic E-state index is 0.148. The fourth-order valence-electron chi connectivity index (χ4n) is 2.21. The van der Waals surface area contributed by atoms with Crippen LogP contribution in [0.2, 0.25) is 0 Å². The summed E-state index contributed by atoms with van der Waals surface area (Å²) in [7, 11) is 0. The molecular weight excluding hydrogens is 240 g/mol. The summed E-state index contributed by atoms with van der Waals surface area (Å²) in [5, 5.41) is 0. The highest BCUT2D eigenvalue weighted by molar-refractivity contribution is 9.10. The average molecular weight is 255 g/mol. The lowest BCUT2D eigenvalue weighted by Gasteiger charge is -2.19. The number of ether oxygens (including phenoxy) is 1. The summed E-state index contributed by atoms with van der Waals surface area (Å²) < 4.78 is 6.93. The molecule has 0 aliphatic carbocycles. The second-order valence-corrected chi connectivity index (χ2v) is 5.47. The molecule has 2 heteroatoms.